The van der Waals surface area contributed by atoms with Gasteiger partial charge >= 0.3 is 0 Å². The van der Waals surface area contributed by atoms with Gasteiger partial charge in [0.25, 0.3) is 0 Å². The van der Waals surface area contributed by atoms with Crippen molar-refractivity contribution in [1.82, 2.24) is 15.0 Å². The first kappa shape index (κ1) is 13.9. The summed E-state index contributed by atoms with van der Waals surface area (Å²) in [6.07, 6.45) is 2.00. The summed E-state index contributed by atoms with van der Waals surface area (Å²) in [6.45, 7) is 5.08. The molecular formula is C14H20N4S. The minimum absolute atomic E-state index is 0.571. The first-order chi connectivity index (χ1) is 9.20. The van der Waals surface area contributed by atoms with E-state index < -0.39 is 0 Å². The van der Waals surface area contributed by atoms with Crippen LogP contribution in [0.2, 0.25) is 0 Å². The van der Waals surface area contributed by atoms with E-state index in [1.807, 2.05) is 16.4 Å². The van der Waals surface area contributed by atoms with Crippen molar-refractivity contribution in [1.29, 1.82) is 0 Å². The zero-order valence-corrected chi connectivity index (χ0v) is 12.3. The van der Waals surface area contributed by atoms with Gasteiger partial charge in [0.2, 0.25) is 0 Å². The quantitative estimate of drug-likeness (QED) is 0.824. The Hall–Kier alpha value is -1.49. The molecule has 1 aromatic carbocycles. The van der Waals surface area contributed by atoms with E-state index in [4.69, 9.17) is 5.73 Å². The van der Waals surface area contributed by atoms with Crippen LogP contribution in [0.15, 0.2) is 29.2 Å². The number of hydrogen-bond acceptors (Lipinski definition) is 4. The third-order valence-electron chi connectivity index (χ3n) is 2.95. The molecule has 1 heterocycles. The van der Waals surface area contributed by atoms with Crippen LogP contribution in [0.1, 0.15) is 24.6 Å². The van der Waals surface area contributed by atoms with Crippen LogP contribution in [-0.4, -0.2) is 20.7 Å². The van der Waals surface area contributed by atoms with Gasteiger partial charge < -0.3 is 5.73 Å². The van der Waals surface area contributed by atoms with Crippen molar-refractivity contribution in [2.45, 2.75) is 38.1 Å². The van der Waals surface area contributed by atoms with Crippen molar-refractivity contribution in [3.63, 3.8) is 0 Å². The summed E-state index contributed by atoms with van der Waals surface area (Å²) in [6, 6.07) is 8.59. The molecule has 0 aliphatic carbocycles. The van der Waals surface area contributed by atoms with E-state index in [2.05, 4.69) is 48.4 Å². The van der Waals surface area contributed by atoms with Crippen molar-refractivity contribution in [3.05, 3.63) is 35.5 Å². The monoisotopic (exact) mass is 276 g/mol. The first-order valence-corrected chi connectivity index (χ1v) is 7.56. The molecule has 5 heteroatoms. The SMILES string of the molecule is CCCc1c(N)nnn1CCSc1ccc(C)cc1. The largest absolute Gasteiger partial charge is 0.381 e. The predicted octanol–water partition coefficient (Wildman–Crippen LogP) is 2.91. The second-order valence-corrected chi connectivity index (χ2v) is 5.72. The minimum atomic E-state index is 0.571. The van der Waals surface area contributed by atoms with Crippen LogP contribution < -0.4 is 5.73 Å². The molecule has 19 heavy (non-hydrogen) atoms. The van der Waals surface area contributed by atoms with Crippen molar-refractivity contribution in [2.24, 2.45) is 0 Å². The third kappa shape index (κ3) is 3.73. The van der Waals surface area contributed by atoms with Gasteiger partial charge in [0.05, 0.1) is 12.2 Å². The molecular weight excluding hydrogens is 256 g/mol. The molecule has 0 unspecified atom stereocenters. The maximum Gasteiger partial charge on any atom is 0.169 e. The van der Waals surface area contributed by atoms with E-state index in [1.54, 1.807) is 0 Å². The Morgan fingerprint density at radius 2 is 2.00 bits per heavy atom. The summed E-state index contributed by atoms with van der Waals surface area (Å²) < 4.78 is 1.93. The number of thioether (sulfide) groups is 1. The molecule has 0 atom stereocenters. The summed E-state index contributed by atoms with van der Waals surface area (Å²) in [7, 11) is 0. The lowest BCUT2D eigenvalue weighted by atomic mass is 10.2. The maximum absolute atomic E-state index is 5.83. The van der Waals surface area contributed by atoms with E-state index in [0.717, 1.165) is 30.8 Å². The Kier molecular flexibility index (Phi) is 4.85. The number of rotatable bonds is 6. The fraction of sp³-hybridized carbons (Fsp3) is 0.429. The molecule has 1 aromatic heterocycles. The summed E-state index contributed by atoms with van der Waals surface area (Å²) >= 11 is 1.83. The highest BCUT2D eigenvalue weighted by Gasteiger charge is 2.08. The Bertz CT molecular complexity index is 519. The standard InChI is InChI=1S/C14H20N4S/c1-3-4-13-14(15)16-17-18(13)9-10-19-12-7-5-11(2)6-8-12/h5-8H,3-4,9-10,15H2,1-2H3. The molecule has 0 radical (unpaired) electrons. The molecule has 0 aliphatic rings. The van der Waals surface area contributed by atoms with Gasteiger partial charge in [-0.1, -0.05) is 36.3 Å². The number of hydrogen-bond donors (Lipinski definition) is 1. The Morgan fingerprint density at radius 3 is 2.68 bits per heavy atom. The average Bonchev–Trinajstić information content (AvgIpc) is 2.74. The number of nitrogens with two attached hydrogens (primary N) is 1. The fourth-order valence-electron chi connectivity index (χ4n) is 1.90. The molecule has 0 spiro atoms. The Labute approximate surface area is 118 Å². The fourth-order valence-corrected chi connectivity index (χ4v) is 2.73. The molecule has 0 bridgehead atoms. The molecule has 102 valence electrons. The number of benzene rings is 1. The van der Waals surface area contributed by atoms with Gasteiger partial charge in [0.15, 0.2) is 5.82 Å². The molecule has 2 N–H and O–H groups in total. The van der Waals surface area contributed by atoms with Gasteiger partial charge in [-0.3, -0.25) is 0 Å². The van der Waals surface area contributed by atoms with Crippen LogP contribution in [-0.2, 0) is 13.0 Å². The Morgan fingerprint density at radius 1 is 1.26 bits per heavy atom. The van der Waals surface area contributed by atoms with Crippen LogP contribution in [0, 0.1) is 6.92 Å². The van der Waals surface area contributed by atoms with E-state index in [-0.39, 0.29) is 0 Å². The molecule has 2 aromatic rings. The van der Waals surface area contributed by atoms with Crippen LogP contribution in [0.4, 0.5) is 5.82 Å². The zero-order chi connectivity index (χ0) is 13.7. The molecule has 2 rings (SSSR count). The highest BCUT2D eigenvalue weighted by Crippen LogP contribution is 2.19. The van der Waals surface area contributed by atoms with Crippen LogP contribution in [0.5, 0.6) is 0 Å². The number of nitrogens with zero attached hydrogens (tertiary/aromatic N) is 3. The summed E-state index contributed by atoms with van der Waals surface area (Å²) in [5, 5.41) is 8.06. The third-order valence-corrected chi connectivity index (χ3v) is 3.94. The smallest absolute Gasteiger partial charge is 0.169 e. The summed E-state index contributed by atoms with van der Waals surface area (Å²) in [5.41, 5.74) is 8.18. The second-order valence-electron chi connectivity index (χ2n) is 4.56. The lowest BCUT2D eigenvalue weighted by molar-refractivity contribution is 0.598. The van der Waals surface area contributed by atoms with E-state index in [0.29, 0.717) is 5.82 Å². The number of aromatic nitrogens is 3. The number of anilines is 1. The first-order valence-electron chi connectivity index (χ1n) is 6.58. The topological polar surface area (TPSA) is 56.7 Å². The highest BCUT2D eigenvalue weighted by molar-refractivity contribution is 7.99. The molecule has 0 fully saturated rings. The van der Waals surface area contributed by atoms with E-state index in [1.165, 1.54) is 10.5 Å². The summed E-state index contributed by atoms with van der Waals surface area (Å²) in [4.78, 5) is 1.29. The van der Waals surface area contributed by atoms with Gasteiger partial charge in [0.1, 0.15) is 0 Å². The molecule has 0 saturated heterocycles. The lowest BCUT2D eigenvalue weighted by Crippen LogP contribution is -2.08. The van der Waals surface area contributed by atoms with E-state index >= 15 is 0 Å². The molecule has 0 saturated carbocycles. The van der Waals surface area contributed by atoms with Crippen molar-refractivity contribution in [2.75, 3.05) is 11.5 Å². The maximum atomic E-state index is 5.83. The summed E-state index contributed by atoms with van der Waals surface area (Å²) in [5.74, 6) is 1.55. The average molecular weight is 276 g/mol. The van der Waals surface area contributed by atoms with Crippen LogP contribution in [0.25, 0.3) is 0 Å². The zero-order valence-electron chi connectivity index (χ0n) is 11.5. The highest BCUT2D eigenvalue weighted by atomic mass is 32.2. The van der Waals surface area contributed by atoms with Gasteiger partial charge in [-0.15, -0.1) is 16.9 Å². The lowest BCUT2D eigenvalue weighted by Gasteiger charge is -2.06. The normalized spacial score (nSPS) is 10.8. The minimum Gasteiger partial charge on any atom is -0.381 e. The molecule has 0 aliphatic heterocycles. The van der Waals surface area contributed by atoms with Crippen LogP contribution >= 0.6 is 11.8 Å². The molecule has 0 amide bonds. The van der Waals surface area contributed by atoms with Gasteiger partial charge in [-0.2, -0.15) is 0 Å². The Balaban J connectivity index is 1.90. The van der Waals surface area contributed by atoms with Gasteiger partial charge in [-0.05, 0) is 25.5 Å². The molecule has 4 nitrogen and oxygen atoms in total. The van der Waals surface area contributed by atoms with E-state index in [9.17, 15) is 0 Å². The predicted molar refractivity (Wildman–Crippen MR) is 80.3 cm³/mol. The number of nitrogen functional groups attached to an aromatic ring is 1. The number of aryl methyl sites for hydroxylation is 2. The van der Waals surface area contributed by atoms with Gasteiger partial charge in [-0.25, -0.2) is 4.68 Å². The van der Waals surface area contributed by atoms with Crippen LogP contribution in [0.3, 0.4) is 0 Å². The van der Waals surface area contributed by atoms with Crippen molar-refractivity contribution < 1.29 is 0 Å². The van der Waals surface area contributed by atoms with Gasteiger partial charge in [0, 0.05) is 10.6 Å². The van der Waals surface area contributed by atoms with Crippen molar-refractivity contribution in [3.8, 4) is 0 Å². The van der Waals surface area contributed by atoms with Crippen molar-refractivity contribution >= 4 is 17.6 Å². The second kappa shape index (κ2) is 6.61.